The van der Waals surface area contributed by atoms with Gasteiger partial charge < -0.3 is 5.11 Å². The number of hydrogen-bond donors (Lipinski definition) is 1. The van der Waals surface area contributed by atoms with Crippen molar-refractivity contribution in [3.63, 3.8) is 0 Å². The molecule has 0 aliphatic heterocycles. The van der Waals surface area contributed by atoms with Crippen molar-refractivity contribution in [3.8, 4) is 0 Å². The molecular weight excluding hydrogens is 276 g/mol. The van der Waals surface area contributed by atoms with Crippen molar-refractivity contribution in [3.05, 3.63) is 48.6 Å². The van der Waals surface area contributed by atoms with E-state index in [-0.39, 0.29) is 5.75 Å². The Morgan fingerprint density at radius 3 is 2.45 bits per heavy atom. The molecule has 20 heavy (non-hydrogen) atoms. The predicted octanol–water partition coefficient (Wildman–Crippen LogP) is 2.31. The van der Waals surface area contributed by atoms with E-state index >= 15 is 0 Å². The molecule has 0 saturated carbocycles. The van der Waals surface area contributed by atoms with Gasteiger partial charge in [0.15, 0.2) is 9.84 Å². The summed E-state index contributed by atoms with van der Waals surface area (Å²) < 4.78 is 24.3. The van der Waals surface area contributed by atoms with Gasteiger partial charge in [0.05, 0.1) is 16.9 Å². The van der Waals surface area contributed by atoms with Crippen LogP contribution < -0.4 is 0 Å². The largest absolute Gasteiger partial charge is 0.481 e. The van der Waals surface area contributed by atoms with E-state index in [0.29, 0.717) is 12.8 Å². The van der Waals surface area contributed by atoms with Crippen LogP contribution in [0.2, 0.25) is 0 Å². The molecule has 1 rings (SSSR count). The Kier molecular flexibility index (Phi) is 5.95. The van der Waals surface area contributed by atoms with Crippen LogP contribution in [-0.2, 0) is 21.1 Å². The van der Waals surface area contributed by atoms with E-state index in [1.165, 1.54) is 13.0 Å². The van der Waals surface area contributed by atoms with Gasteiger partial charge in [-0.15, -0.1) is 6.58 Å². The molecule has 1 N–H and O–H groups in total. The summed E-state index contributed by atoms with van der Waals surface area (Å²) in [5.74, 6) is -2.35. The van der Waals surface area contributed by atoms with E-state index in [1.807, 2.05) is 30.3 Å². The number of carboxylic acids is 1. The molecule has 5 heteroatoms. The van der Waals surface area contributed by atoms with Gasteiger partial charge in [-0.3, -0.25) is 4.79 Å². The molecule has 1 aromatic rings. The molecule has 0 amide bonds. The smallest absolute Gasteiger partial charge is 0.307 e. The third kappa shape index (κ3) is 4.81. The lowest BCUT2D eigenvalue weighted by Gasteiger charge is -2.15. The van der Waals surface area contributed by atoms with E-state index in [2.05, 4.69) is 6.58 Å². The first-order valence-electron chi connectivity index (χ1n) is 6.47. The van der Waals surface area contributed by atoms with Crippen molar-refractivity contribution in [2.24, 2.45) is 5.92 Å². The number of rotatable bonds is 8. The second-order valence-electron chi connectivity index (χ2n) is 4.87. The Hall–Kier alpha value is -1.62. The number of aliphatic carboxylic acids is 1. The Morgan fingerprint density at radius 1 is 1.35 bits per heavy atom. The molecule has 0 aliphatic carbocycles. The number of carbonyl (C=O) groups is 1. The van der Waals surface area contributed by atoms with Gasteiger partial charge in [-0.2, -0.15) is 0 Å². The van der Waals surface area contributed by atoms with Crippen molar-refractivity contribution in [2.75, 3.05) is 5.75 Å². The summed E-state index contributed by atoms with van der Waals surface area (Å²) in [7, 11) is -3.49. The van der Waals surface area contributed by atoms with Crippen LogP contribution in [0.5, 0.6) is 0 Å². The predicted molar refractivity (Wildman–Crippen MR) is 79.3 cm³/mol. The second-order valence-corrected chi connectivity index (χ2v) is 7.13. The first kappa shape index (κ1) is 16.4. The van der Waals surface area contributed by atoms with Gasteiger partial charge in [0.1, 0.15) is 0 Å². The highest BCUT2D eigenvalue weighted by Crippen LogP contribution is 2.16. The zero-order valence-corrected chi connectivity index (χ0v) is 12.3. The number of sulfone groups is 1. The highest BCUT2D eigenvalue weighted by Gasteiger charge is 2.27. The third-order valence-electron chi connectivity index (χ3n) is 3.19. The maximum atomic E-state index is 12.2. The van der Waals surface area contributed by atoms with E-state index in [0.717, 1.165) is 5.56 Å². The lowest BCUT2D eigenvalue weighted by Crippen LogP contribution is -2.29. The molecule has 0 heterocycles. The van der Waals surface area contributed by atoms with Crippen LogP contribution in [0.3, 0.4) is 0 Å². The highest BCUT2D eigenvalue weighted by molar-refractivity contribution is 7.92. The Morgan fingerprint density at radius 2 is 1.95 bits per heavy atom. The van der Waals surface area contributed by atoms with Crippen molar-refractivity contribution >= 4 is 15.8 Å². The number of carboxylic acid groups (broad SMARTS) is 1. The van der Waals surface area contributed by atoms with E-state index < -0.39 is 27.0 Å². The zero-order valence-electron chi connectivity index (χ0n) is 11.5. The molecule has 0 radical (unpaired) electrons. The van der Waals surface area contributed by atoms with Gasteiger partial charge in [0.25, 0.3) is 0 Å². The molecule has 0 aliphatic rings. The quantitative estimate of drug-likeness (QED) is 0.747. The SMILES string of the molecule is C=CC(CCc1ccccc1)S(=O)(=O)CC(C)C(=O)O. The van der Waals surface area contributed by atoms with Gasteiger partial charge in [0.2, 0.25) is 0 Å². The zero-order chi connectivity index (χ0) is 15.2. The lowest BCUT2D eigenvalue weighted by molar-refractivity contribution is -0.140. The Labute approximate surface area is 120 Å². The number of aryl methyl sites for hydroxylation is 1. The van der Waals surface area contributed by atoms with Crippen molar-refractivity contribution in [1.29, 1.82) is 0 Å². The van der Waals surface area contributed by atoms with Crippen LogP contribution in [0.25, 0.3) is 0 Å². The van der Waals surface area contributed by atoms with Gasteiger partial charge in [-0.1, -0.05) is 43.3 Å². The summed E-state index contributed by atoms with van der Waals surface area (Å²) in [6.07, 6.45) is 2.44. The van der Waals surface area contributed by atoms with Crippen LogP contribution in [-0.4, -0.2) is 30.5 Å². The fourth-order valence-electron chi connectivity index (χ4n) is 1.94. The molecule has 0 aromatic heterocycles. The summed E-state index contributed by atoms with van der Waals surface area (Å²) >= 11 is 0. The van der Waals surface area contributed by atoms with Gasteiger partial charge >= 0.3 is 5.97 Å². The van der Waals surface area contributed by atoms with Crippen LogP contribution in [0.1, 0.15) is 18.9 Å². The maximum absolute atomic E-state index is 12.2. The second kappa shape index (κ2) is 7.24. The molecule has 2 atom stereocenters. The molecular formula is C15H20O4S. The summed E-state index contributed by atoms with van der Waals surface area (Å²) in [6, 6.07) is 9.58. The normalized spacial score (nSPS) is 14.4. The fraction of sp³-hybridized carbons (Fsp3) is 0.400. The van der Waals surface area contributed by atoms with Crippen LogP contribution in [0.4, 0.5) is 0 Å². The Balaban J connectivity index is 2.70. The highest BCUT2D eigenvalue weighted by atomic mass is 32.2. The average molecular weight is 296 g/mol. The molecule has 0 spiro atoms. The van der Waals surface area contributed by atoms with Crippen molar-refractivity contribution in [1.82, 2.24) is 0 Å². The minimum atomic E-state index is -3.49. The summed E-state index contributed by atoms with van der Waals surface area (Å²) in [5.41, 5.74) is 1.06. The van der Waals surface area contributed by atoms with Crippen LogP contribution >= 0.6 is 0 Å². The van der Waals surface area contributed by atoms with Gasteiger partial charge in [-0.25, -0.2) is 8.42 Å². The first-order valence-corrected chi connectivity index (χ1v) is 8.19. The lowest BCUT2D eigenvalue weighted by atomic mass is 10.1. The van der Waals surface area contributed by atoms with Crippen molar-refractivity contribution in [2.45, 2.75) is 25.0 Å². The summed E-state index contributed by atoms with van der Waals surface area (Å²) in [5, 5.41) is 8.11. The minimum absolute atomic E-state index is 0.353. The van der Waals surface area contributed by atoms with Crippen molar-refractivity contribution < 1.29 is 18.3 Å². The average Bonchev–Trinajstić information content (AvgIpc) is 2.39. The summed E-state index contributed by atoms with van der Waals surface area (Å²) in [6.45, 7) is 4.97. The van der Waals surface area contributed by atoms with Gasteiger partial charge in [-0.05, 0) is 18.4 Å². The Bertz CT molecular complexity index is 548. The molecule has 110 valence electrons. The monoisotopic (exact) mass is 296 g/mol. The standard InChI is InChI=1S/C15H20O4S/c1-3-14(10-9-13-7-5-4-6-8-13)20(18,19)11-12(2)15(16)17/h3-8,12,14H,1,9-11H2,2H3,(H,16,17). The first-order chi connectivity index (χ1) is 9.36. The molecule has 1 aromatic carbocycles. The van der Waals surface area contributed by atoms with Gasteiger partial charge in [0, 0.05) is 0 Å². The molecule has 0 fully saturated rings. The molecule has 4 nitrogen and oxygen atoms in total. The van der Waals surface area contributed by atoms with Crippen LogP contribution in [0.15, 0.2) is 43.0 Å². The number of benzene rings is 1. The third-order valence-corrected chi connectivity index (χ3v) is 5.50. The van der Waals surface area contributed by atoms with E-state index in [4.69, 9.17) is 5.11 Å². The molecule has 2 unspecified atom stereocenters. The fourth-order valence-corrected chi connectivity index (χ4v) is 3.80. The summed E-state index contributed by atoms with van der Waals surface area (Å²) in [4.78, 5) is 10.8. The van der Waals surface area contributed by atoms with E-state index in [9.17, 15) is 13.2 Å². The topological polar surface area (TPSA) is 71.4 Å². The molecule has 0 saturated heterocycles. The van der Waals surface area contributed by atoms with E-state index in [1.54, 1.807) is 0 Å². The molecule has 0 bridgehead atoms. The minimum Gasteiger partial charge on any atom is -0.481 e. The van der Waals surface area contributed by atoms with Crippen LogP contribution in [0, 0.1) is 5.92 Å². The maximum Gasteiger partial charge on any atom is 0.307 e. The number of hydrogen-bond acceptors (Lipinski definition) is 3.